The van der Waals surface area contributed by atoms with Crippen LogP contribution in [0.4, 0.5) is 8.78 Å². The first-order valence-corrected chi connectivity index (χ1v) is 14.6. The first kappa shape index (κ1) is 27.3. The molecule has 41 heavy (non-hydrogen) atoms. The van der Waals surface area contributed by atoms with Crippen molar-refractivity contribution in [3.8, 4) is 0 Å². The maximum Gasteiger partial charge on any atom is 0.265 e. The summed E-state index contributed by atoms with van der Waals surface area (Å²) in [6.45, 7) is 5.71. The zero-order chi connectivity index (χ0) is 28.4. The molecule has 0 saturated carbocycles. The number of fused-ring (bicyclic) bond motifs is 1. The lowest BCUT2D eigenvalue weighted by atomic mass is 9.82. The van der Waals surface area contributed by atoms with Crippen LogP contribution in [0.15, 0.2) is 84.0 Å². The van der Waals surface area contributed by atoms with E-state index in [-0.39, 0.29) is 17.5 Å². The fourth-order valence-corrected chi connectivity index (χ4v) is 6.54. The number of aromatic amines is 1. The lowest BCUT2D eigenvalue weighted by Crippen LogP contribution is -2.42. The number of aromatic nitrogens is 1. The van der Waals surface area contributed by atoms with Crippen molar-refractivity contribution in [2.45, 2.75) is 44.6 Å². The summed E-state index contributed by atoms with van der Waals surface area (Å²) in [5, 5.41) is 1.32. The molecular weight excluding hydrogens is 518 g/mol. The molecule has 0 spiro atoms. The summed E-state index contributed by atoms with van der Waals surface area (Å²) in [5.74, 6) is 0.356. The van der Waals surface area contributed by atoms with E-state index in [0.29, 0.717) is 29.4 Å². The van der Waals surface area contributed by atoms with Crippen molar-refractivity contribution in [1.29, 1.82) is 0 Å². The van der Waals surface area contributed by atoms with E-state index in [1.807, 2.05) is 6.92 Å². The van der Waals surface area contributed by atoms with Gasteiger partial charge in [0.05, 0.1) is 0 Å². The molecule has 6 rings (SSSR count). The Kier molecular flexibility index (Phi) is 7.71. The van der Waals surface area contributed by atoms with Crippen molar-refractivity contribution >= 4 is 22.6 Å². The normalized spacial score (nSPS) is 17.9. The van der Waals surface area contributed by atoms with Crippen LogP contribution in [0, 0.1) is 17.6 Å². The molecule has 1 N–H and O–H groups in total. The maximum absolute atomic E-state index is 14.0. The van der Waals surface area contributed by atoms with Gasteiger partial charge < -0.3 is 9.88 Å². The Morgan fingerprint density at radius 1 is 0.902 bits per heavy atom. The smallest absolute Gasteiger partial charge is 0.265 e. The first-order valence-electron chi connectivity index (χ1n) is 14.6. The number of amides is 1. The summed E-state index contributed by atoms with van der Waals surface area (Å²) in [6.07, 6.45) is 7.49. The molecule has 212 valence electrons. The fourth-order valence-electron chi connectivity index (χ4n) is 6.54. The Labute approximate surface area is 239 Å². The number of nitrogens with one attached hydrogen (secondary N) is 1. The average Bonchev–Trinajstić information content (AvgIpc) is 3.52. The minimum Gasteiger partial charge on any atom is -0.361 e. The lowest BCUT2D eigenvalue weighted by molar-refractivity contribution is -0.130. The highest BCUT2D eigenvalue weighted by Crippen LogP contribution is 2.40. The Balaban J connectivity index is 1.04. The zero-order valence-electron chi connectivity index (χ0n) is 23.5. The Bertz CT molecular complexity index is 1490. The molecule has 1 saturated heterocycles. The molecule has 2 aliphatic rings. The minimum atomic E-state index is -1.33. The SMILES string of the molecule is CC1=NC(c2ccc(F)cc2)(c2ccc(F)cc2)C(=O)N1CCCC1CCN(CCc2c[nH]c3ccccc23)CC1. The molecule has 1 fully saturated rings. The minimum absolute atomic E-state index is 0.166. The van der Waals surface area contributed by atoms with Crippen molar-refractivity contribution in [2.24, 2.45) is 10.9 Å². The number of aliphatic imine (C=N–C) groups is 1. The summed E-state index contributed by atoms with van der Waals surface area (Å²) in [7, 11) is 0. The van der Waals surface area contributed by atoms with Gasteiger partial charge in [0.1, 0.15) is 17.5 Å². The van der Waals surface area contributed by atoms with Gasteiger partial charge in [-0.1, -0.05) is 42.5 Å². The van der Waals surface area contributed by atoms with E-state index in [2.05, 4.69) is 40.3 Å². The molecule has 0 radical (unpaired) electrons. The topological polar surface area (TPSA) is 51.7 Å². The van der Waals surface area contributed by atoms with Crippen LogP contribution in [0.2, 0.25) is 0 Å². The van der Waals surface area contributed by atoms with E-state index in [9.17, 15) is 13.6 Å². The second kappa shape index (κ2) is 11.6. The molecule has 0 atom stereocenters. The van der Waals surface area contributed by atoms with Gasteiger partial charge in [-0.2, -0.15) is 0 Å². The average molecular weight is 555 g/mol. The van der Waals surface area contributed by atoms with Gasteiger partial charge in [0.25, 0.3) is 5.91 Å². The molecule has 4 aromatic rings. The van der Waals surface area contributed by atoms with Crippen LogP contribution in [0.1, 0.15) is 49.3 Å². The molecular formula is C34H36F2N4O. The Morgan fingerprint density at radius 3 is 2.20 bits per heavy atom. The number of rotatable bonds is 9. The predicted octanol–water partition coefficient (Wildman–Crippen LogP) is 6.69. The van der Waals surface area contributed by atoms with Crippen molar-refractivity contribution in [3.63, 3.8) is 0 Å². The van der Waals surface area contributed by atoms with Crippen LogP contribution in [-0.2, 0) is 16.8 Å². The van der Waals surface area contributed by atoms with Gasteiger partial charge >= 0.3 is 0 Å². The number of hydrogen-bond acceptors (Lipinski definition) is 3. The monoisotopic (exact) mass is 554 g/mol. The molecule has 1 amide bonds. The van der Waals surface area contributed by atoms with Crippen LogP contribution in [0.25, 0.3) is 10.9 Å². The largest absolute Gasteiger partial charge is 0.361 e. The van der Waals surface area contributed by atoms with Gasteiger partial charge in [0.2, 0.25) is 0 Å². The second-order valence-electron chi connectivity index (χ2n) is 11.4. The molecule has 2 aliphatic heterocycles. The standard InChI is InChI=1S/C34H36F2N4O/c1-24-38-34(27-8-12-29(35)13-9-27,28-10-14-30(36)15-11-28)33(41)40(24)19-4-5-25-16-20-39(21-17-25)22-18-26-23-37-32-7-3-2-6-31(26)32/h2-3,6-15,23,25,37H,4-5,16-22H2,1H3. The third-order valence-corrected chi connectivity index (χ3v) is 8.87. The summed E-state index contributed by atoms with van der Waals surface area (Å²) < 4.78 is 27.5. The van der Waals surface area contributed by atoms with E-state index < -0.39 is 5.54 Å². The molecule has 3 aromatic carbocycles. The molecule has 1 aromatic heterocycles. The van der Waals surface area contributed by atoms with Crippen molar-refractivity contribution in [1.82, 2.24) is 14.8 Å². The number of carbonyl (C=O) groups is 1. The Hall–Kier alpha value is -3.84. The number of H-pyrrole nitrogens is 1. The summed E-state index contributed by atoms with van der Waals surface area (Å²) in [6, 6.07) is 20.2. The highest BCUT2D eigenvalue weighted by molar-refractivity contribution is 6.09. The third kappa shape index (κ3) is 5.43. The molecule has 5 nitrogen and oxygen atoms in total. The van der Waals surface area contributed by atoms with Crippen molar-refractivity contribution in [2.75, 3.05) is 26.2 Å². The molecule has 0 bridgehead atoms. The summed E-state index contributed by atoms with van der Waals surface area (Å²) >= 11 is 0. The van der Waals surface area contributed by atoms with E-state index >= 15 is 0 Å². The van der Waals surface area contributed by atoms with Crippen LogP contribution >= 0.6 is 0 Å². The summed E-state index contributed by atoms with van der Waals surface area (Å²) in [5.41, 5.74) is 2.41. The van der Waals surface area contributed by atoms with E-state index in [4.69, 9.17) is 4.99 Å². The van der Waals surface area contributed by atoms with Gasteiger partial charge in [0, 0.05) is 30.2 Å². The number of likely N-dealkylation sites (tertiary alicyclic amines) is 1. The van der Waals surface area contributed by atoms with Gasteiger partial charge in [-0.05, 0) is 105 Å². The number of para-hydroxylation sites is 1. The number of hydrogen-bond donors (Lipinski definition) is 1. The summed E-state index contributed by atoms with van der Waals surface area (Å²) in [4.78, 5) is 26.6. The van der Waals surface area contributed by atoms with Crippen molar-refractivity contribution < 1.29 is 13.6 Å². The number of benzene rings is 3. The van der Waals surface area contributed by atoms with Gasteiger partial charge in [-0.25, -0.2) is 13.8 Å². The van der Waals surface area contributed by atoms with Gasteiger partial charge in [0.15, 0.2) is 5.54 Å². The molecule has 3 heterocycles. The van der Waals surface area contributed by atoms with Crippen LogP contribution in [0.3, 0.4) is 0 Å². The maximum atomic E-state index is 14.0. The third-order valence-electron chi connectivity index (χ3n) is 8.87. The van der Waals surface area contributed by atoms with E-state index in [0.717, 1.165) is 38.9 Å². The van der Waals surface area contributed by atoms with Crippen LogP contribution < -0.4 is 0 Å². The zero-order valence-corrected chi connectivity index (χ0v) is 23.5. The van der Waals surface area contributed by atoms with E-state index in [1.165, 1.54) is 53.6 Å². The highest BCUT2D eigenvalue weighted by atomic mass is 19.1. The molecule has 0 unspecified atom stereocenters. The second-order valence-corrected chi connectivity index (χ2v) is 11.4. The predicted molar refractivity (Wildman–Crippen MR) is 159 cm³/mol. The van der Waals surface area contributed by atoms with E-state index in [1.54, 1.807) is 29.2 Å². The lowest BCUT2D eigenvalue weighted by Gasteiger charge is -2.32. The highest BCUT2D eigenvalue weighted by Gasteiger charge is 2.49. The van der Waals surface area contributed by atoms with Gasteiger partial charge in [-0.3, -0.25) is 9.69 Å². The van der Waals surface area contributed by atoms with Crippen LogP contribution in [0.5, 0.6) is 0 Å². The quantitative estimate of drug-likeness (QED) is 0.251. The number of carbonyl (C=O) groups excluding carboxylic acids is 1. The van der Waals surface area contributed by atoms with Crippen molar-refractivity contribution in [3.05, 3.63) is 107 Å². The number of halogens is 2. The molecule has 0 aliphatic carbocycles. The molecule has 7 heteroatoms. The van der Waals surface area contributed by atoms with Gasteiger partial charge in [-0.15, -0.1) is 0 Å². The number of nitrogens with zero attached hydrogens (tertiary/aromatic N) is 3. The van der Waals surface area contributed by atoms with Crippen LogP contribution in [-0.4, -0.2) is 52.7 Å². The first-order chi connectivity index (χ1) is 19.9. The Morgan fingerprint density at radius 2 is 1.54 bits per heavy atom. The number of piperidine rings is 1. The fraction of sp³-hybridized carbons (Fsp3) is 0.353. The number of amidine groups is 1.